The van der Waals surface area contributed by atoms with Crippen molar-refractivity contribution in [3.05, 3.63) is 28.3 Å². The van der Waals surface area contributed by atoms with Crippen molar-refractivity contribution in [1.29, 1.82) is 0 Å². The molecule has 0 aliphatic heterocycles. The first-order valence-electron chi connectivity index (χ1n) is 6.55. The Morgan fingerprint density at radius 3 is 2.42 bits per heavy atom. The lowest BCUT2D eigenvalue weighted by Crippen LogP contribution is -2.30. The summed E-state index contributed by atoms with van der Waals surface area (Å²) in [5, 5.41) is 13.9. The van der Waals surface area contributed by atoms with Gasteiger partial charge in [-0.1, -0.05) is 13.8 Å². The van der Waals surface area contributed by atoms with E-state index in [4.69, 9.17) is 0 Å². The number of rotatable bonds is 6. The zero-order chi connectivity index (χ0) is 14.6. The van der Waals surface area contributed by atoms with Gasteiger partial charge < -0.3 is 10.2 Å². The van der Waals surface area contributed by atoms with Crippen LogP contribution >= 0.6 is 0 Å². The molecule has 1 atom stereocenters. The van der Waals surface area contributed by atoms with Crippen LogP contribution in [0.5, 0.6) is 0 Å². The lowest BCUT2D eigenvalue weighted by Gasteiger charge is -2.28. The second-order valence-electron chi connectivity index (χ2n) is 5.33. The van der Waals surface area contributed by atoms with Gasteiger partial charge in [0.15, 0.2) is 0 Å². The van der Waals surface area contributed by atoms with Gasteiger partial charge in [-0.05, 0) is 25.3 Å². The molecule has 1 rings (SSSR count). The Kier molecular flexibility index (Phi) is 5.15. The van der Waals surface area contributed by atoms with Crippen molar-refractivity contribution in [3.63, 3.8) is 0 Å². The van der Waals surface area contributed by atoms with E-state index < -0.39 is 0 Å². The Morgan fingerprint density at radius 1 is 1.32 bits per heavy atom. The molecule has 0 saturated carbocycles. The smallest absolute Gasteiger partial charge is 0.273 e. The minimum absolute atomic E-state index is 0.116. The predicted octanol–water partition coefficient (Wildman–Crippen LogP) is 3.51. The highest BCUT2D eigenvalue weighted by molar-refractivity contribution is 5.64. The van der Waals surface area contributed by atoms with E-state index in [1.807, 2.05) is 13.1 Å². The maximum absolute atomic E-state index is 11.0. The molecule has 0 saturated heterocycles. The number of hydrogen-bond acceptors (Lipinski definition) is 4. The van der Waals surface area contributed by atoms with E-state index in [9.17, 15) is 10.1 Å². The van der Waals surface area contributed by atoms with Crippen molar-refractivity contribution < 1.29 is 4.92 Å². The summed E-state index contributed by atoms with van der Waals surface area (Å²) in [5.41, 5.74) is 1.74. The lowest BCUT2D eigenvalue weighted by atomic mass is 10.0. The maximum atomic E-state index is 11.0. The molecule has 1 unspecified atom stereocenters. The zero-order valence-electron chi connectivity index (χ0n) is 12.3. The Morgan fingerprint density at radius 2 is 1.95 bits per heavy atom. The second-order valence-corrected chi connectivity index (χ2v) is 5.33. The van der Waals surface area contributed by atoms with Gasteiger partial charge in [0, 0.05) is 43.6 Å². The highest BCUT2D eigenvalue weighted by atomic mass is 16.6. The molecule has 0 aromatic heterocycles. The van der Waals surface area contributed by atoms with Gasteiger partial charge in [-0.3, -0.25) is 10.1 Å². The molecule has 1 aromatic rings. The number of benzene rings is 1. The van der Waals surface area contributed by atoms with Crippen LogP contribution in [0.2, 0.25) is 0 Å². The minimum atomic E-state index is -0.356. The summed E-state index contributed by atoms with van der Waals surface area (Å²) < 4.78 is 0. The van der Waals surface area contributed by atoms with Crippen molar-refractivity contribution in [2.24, 2.45) is 5.92 Å². The normalized spacial score (nSPS) is 12.3. The number of non-ortho nitro benzene ring substituents is 1. The topological polar surface area (TPSA) is 58.4 Å². The third kappa shape index (κ3) is 4.12. The molecule has 0 aliphatic carbocycles. The lowest BCUT2D eigenvalue weighted by molar-refractivity contribution is -0.384. The molecule has 0 aliphatic rings. The SMILES string of the molecule is CNc1cc(N(C)C(C)CC(C)C)cc([N+](=O)[O-])c1. The van der Waals surface area contributed by atoms with Crippen molar-refractivity contribution >= 4 is 17.1 Å². The fourth-order valence-electron chi connectivity index (χ4n) is 2.14. The number of anilines is 2. The van der Waals surface area contributed by atoms with Crippen LogP contribution in [0.25, 0.3) is 0 Å². The van der Waals surface area contributed by atoms with Crippen LogP contribution in [0.1, 0.15) is 27.2 Å². The number of hydrogen-bond donors (Lipinski definition) is 1. The Bertz CT molecular complexity index is 446. The molecule has 5 heteroatoms. The zero-order valence-corrected chi connectivity index (χ0v) is 12.3. The molecule has 0 radical (unpaired) electrons. The van der Waals surface area contributed by atoms with Crippen LogP contribution in [0.4, 0.5) is 17.1 Å². The molecule has 19 heavy (non-hydrogen) atoms. The summed E-state index contributed by atoms with van der Waals surface area (Å²) in [6, 6.07) is 5.44. The third-order valence-corrected chi connectivity index (χ3v) is 3.28. The molecule has 0 spiro atoms. The standard InChI is InChI=1S/C14H23N3O2/c1-10(2)6-11(3)16(5)13-7-12(15-4)8-14(9-13)17(18)19/h7-11,15H,6H2,1-5H3. The summed E-state index contributed by atoms with van der Waals surface area (Å²) in [5.74, 6) is 0.597. The van der Waals surface area contributed by atoms with Crippen molar-refractivity contribution in [2.45, 2.75) is 33.2 Å². The number of nitro benzene ring substituents is 1. The van der Waals surface area contributed by atoms with Gasteiger partial charge in [0.2, 0.25) is 0 Å². The number of nitro groups is 1. The average molecular weight is 265 g/mol. The monoisotopic (exact) mass is 265 g/mol. The van der Waals surface area contributed by atoms with Crippen LogP contribution in [0, 0.1) is 16.0 Å². The maximum Gasteiger partial charge on any atom is 0.273 e. The van der Waals surface area contributed by atoms with E-state index in [1.165, 1.54) is 0 Å². The molecular formula is C14H23N3O2. The number of nitrogens with one attached hydrogen (secondary N) is 1. The molecule has 0 fully saturated rings. The molecule has 5 nitrogen and oxygen atoms in total. The Hall–Kier alpha value is -1.78. The first-order chi connectivity index (χ1) is 8.85. The summed E-state index contributed by atoms with van der Waals surface area (Å²) in [7, 11) is 3.74. The Balaban J connectivity index is 3.04. The molecular weight excluding hydrogens is 242 g/mol. The highest BCUT2D eigenvalue weighted by Crippen LogP contribution is 2.28. The van der Waals surface area contributed by atoms with E-state index in [-0.39, 0.29) is 10.6 Å². The molecule has 0 heterocycles. The fourth-order valence-corrected chi connectivity index (χ4v) is 2.14. The minimum Gasteiger partial charge on any atom is -0.388 e. The molecule has 0 bridgehead atoms. The van der Waals surface area contributed by atoms with Crippen LogP contribution in [0.3, 0.4) is 0 Å². The van der Waals surface area contributed by atoms with Crippen LogP contribution < -0.4 is 10.2 Å². The quantitative estimate of drug-likeness (QED) is 0.631. The summed E-state index contributed by atoms with van der Waals surface area (Å²) in [6.45, 7) is 6.49. The highest BCUT2D eigenvalue weighted by Gasteiger charge is 2.16. The summed E-state index contributed by atoms with van der Waals surface area (Å²) >= 11 is 0. The molecule has 1 aromatic carbocycles. The van der Waals surface area contributed by atoms with Gasteiger partial charge in [0.25, 0.3) is 5.69 Å². The van der Waals surface area contributed by atoms with Gasteiger partial charge in [0.1, 0.15) is 0 Å². The second kappa shape index (κ2) is 6.41. The van der Waals surface area contributed by atoms with E-state index in [0.717, 1.165) is 17.8 Å². The van der Waals surface area contributed by atoms with E-state index in [1.54, 1.807) is 19.2 Å². The fraction of sp³-hybridized carbons (Fsp3) is 0.571. The Labute approximate surface area is 114 Å². The molecule has 1 N–H and O–H groups in total. The van der Waals surface area contributed by atoms with Gasteiger partial charge in [0.05, 0.1) is 4.92 Å². The van der Waals surface area contributed by atoms with E-state index in [0.29, 0.717) is 12.0 Å². The first kappa shape index (κ1) is 15.3. The number of nitrogens with zero attached hydrogens (tertiary/aromatic N) is 2. The molecule has 0 amide bonds. The predicted molar refractivity (Wildman–Crippen MR) is 80.0 cm³/mol. The van der Waals surface area contributed by atoms with Crippen molar-refractivity contribution in [2.75, 3.05) is 24.3 Å². The first-order valence-corrected chi connectivity index (χ1v) is 6.55. The summed E-state index contributed by atoms with van der Waals surface area (Å²) in [4.78, 5) is 12.7. The van der Waals surface area contributed by atoms with Crippen LogP contribution in [-0.4, -0.2) is 25.1 Å². The van der Waals surface area contributed by atoms with Crippen molar-refractivity contribution in [3.8, 4) is 0 Å². The largest absolute Gasteiger partial charge is 0.388 e. The van der Waals surface area contributed by atoms with Crippen LogP contribution in [0.15, 0.2) is 18.2 Å². The van der Waals surface area contributed by atoms with E-state index in [2.05, 4.69) is 31.0 Å². The van der Waals surface area contributed by atoms with E-state index >= 15 is 0 Å². The molecule has 106 valence electrons. The van der Waals surface area contributed by atoms with Crippen LogP contribution in [-0.2, 0) is 0 Å². The van der Waals surface area contributed by atoms with Gasteiger partial charge in [-0.2, -0.15) is 0 Å². The average Bonchev–Trinajstić information content (AvgIpc) is 2.36. The van der Waals surface area contributed by atoms with Crippen molar-refractivity contribution in [1.82, 2.24) is 0 Å². The summed E-state index contributed by atoms with van der Waals surface area (Å²) in [6.07, 6.45) is 1.05. The third-order valence-electron chi connectivity index (χ3n) is 3.28. The van der Waals surface area contributed by atoms with Gasteiger partial charge in [-0.25, -0.2) is 0 Å². The van der Waals surface area contributed by atoms with Gasteiger partial charge in [-0.15, -0.1) is 0 Å². The van der Waals surface area contributed by atoms with Gasteiger partial charge >= 0.3 is 0 Å².